The quantitative estimate of drug-likeness (QED) is 0.182. The van der Waals surface area contributed by atoms with E-state index in [1.165, 1.54) is 12.8 Å². The fraction of sp³-hybridized carbons (Fsp3) is 0.175. The molecule has 7 aromatic rings. The van der Waals surface area contributed by atoms with E-state index in [9.17, 15) is 4.79 Å². The summed E-state index contributed by atoms with van der Waals surface area (Å²) in [5.74, 6) is 2.74. The number of hydrogen-bond donors (Lipinski definition) is 2. The van der Waals surface area contributed by atoms with Gasteiger partial charge in [-0.15, -0.1) is 0 Å². The molecule has 0 atom stereocenters. The molecular weight excluding hydrogens is 623 g/mol. The van der Waals surface area contributed by atoms with Crippen molar-refractivity contribution in [2.75, 3.05) is 13.1 Å². The van der Waals surface area contributed by atoms with Crippen molar-refractivity contribution in [3.05, 3.63) is 97.1 Å². The zero-order valence-corrected chi connectivity index (χ0v) is 27.5. The number of H-pyrrole nitrogens is 2. The van der Waals surface area contributed by atoms with E-state index in [2.05, 4.69) is 9.97 Å². The van der Waals surface area contributed by atoms with E-state index in [1.807, 2.05) is 109 Å². The van der Waals surface area contributed by atoms with Gasteiger partial charge in [0.1, 0.15) is 22.6 Å². The normalized spacial score (nSPS) is 13.8. The zero-order valence-electron chi connectivity index (χ0n) is 27.5. The highest BCUT2D eigenvalue weighted by molar-refractivity contribution is 6.06. The molecule has 0 saturated carbocycles. The number of likely N-dealkylation sites (tertiary alicyclic amines) is 1. The van der Waals surface area contributed by atoms with Crippen LogP contribution in [0.2, 0.25) is 0 Å². The van der Waals surface area contributed by atoms with Crippen LogP contribution < -0.4 is 0 Å². The summed E-state index contributed by atoms with van der Waals surface area (Å²) in [5.41, 5.74) is 6.45. The second-order valence-corrected chi connectivity index (χ2v) is 12.6. The monoisotopic (exact) mass is 655 g/mol. The Balaban J connectivity index is 0.000000293. The van der Waals surface area contributed by atoms with Crippen LogP contribution in [0.4, 0.5) is 0 Å². The van der Waals surface area contributed by atoms with E-state index in [-0.39, 0.29) is 0 Å². The minimum atomic E-state index is 0.347. The van der Waals surface area contributed by atoms with Gasteiger partial charge >= 0.3 is 0 Å². The molecule has 244 valence electrons. The third-order valence-corrected chi connectivity index (χ3v) is 9.51. The molecule has 4 aromatic carbocycles. The lowest BCUT2D eigenvalue weighted by molar-refractivity contribution is -0.130. The number of carbonyl (C=O) groups is 1. The predicted octanol–water partition coefficient (Wildman–Crippen LogP) is 8.28. The second kappa shape index (κ2) is 12.3. The first-order chi connectivity index (χ1) is 24.6. The summed E-state index contributed by atoms with van der Waals surface area (Å²) in [4.78, 5) is 49.9. The van der Waals surface area contributed by atoms with Crippen molar-refractivity contribution in [2.24, 2.45) is 0 Å². The van der Waals surface area contributed by atoms with Gasteiger partial charge in [-0.1, -0.05) is 103 Å². The van der Waals surface area contributed by atoms with E-state index in [0.29, 0.717) is 51.8 Å². The maximum Gasteiger partial charge on any atom is 0.222 e. The molecule has 10 nitrogen and oxygen atoms in total. The SMILES string of the molecule is CCN1CCCCCC1=O.c1ccc2c(c1)-c1nc-2nc2[nH]c(nc3nc(nc4[nH]c(n1)c1ccccc41)-c1ccccc1-3)c1ccccc21. The maximum absolute atomic E-state index is 11.2. The molecule has 1 amide bonds. The number of nitrogens with one attached hydrogen (secondary N) is 2. The van der Waals surface area contributed by atoms with Crippen molar-refractivity contribution in [2.45, 2.75) is 32.6 Å². The van der Waals surface area contributed by atoms with Crippen molar-refractivity contribution >= 4 is 50.0 Å². The topological polar surface area (TPSA) is 129 Å². The lowest BCUT2D eigenvalue weighted by atomic mass is 10.1. The lowest BCUT2D eigenvalue weighted by Crippen LogP contribution is -2.29. The number of rotatable bonds is 1. The van der Waals surface area contributed by atoms with Crippen LogP contribution in [0.3, 0.4) is 0 Å². The van der Waals surface area contributed by atoms with Crippen LogP contribution in [-0.2, 0) is 4.79 Å². The Morgan fingerprint density at radius 3 is 1.22 bits per heavy atom. The Morgan fingerprint density at radius 1 is 0.500 bits per heavy atom. The summed E-state index contributed by atoms with van der Waals surface area (Å²) in [6, 6.07) is 32.2. The van der Waals surface area contributed by atoms with Gasteiger partial charge in [-0.25, -0.2) is 29.9 Å². The van der Waals surface area contributed by atoms with Crippen LogP contribution in [0.1, 0.15) is 32.6 Å². The van der Waals surface area contributed by atoms with Crippen molar-refractivity contribution < 1.29 is 4.79 Å². The van der Waals surface area contributed by atoms with Gasteiger partial charge in [0.05, 0.1) is 0 Å². The number of fused-ring (bicyclic) bond motifs is 20. The third kappa shape index (κ3) is 5.16. The molecule has 10 heteroatoms. The minimum Gasteiger partial charge on any atom is -0.343 e. The molecule has 0 aliphatic carbocycles. The van der Waals surface area contributed by atoms with Crippen LogP contribution >= 0.6 is 0 Å². The molecule has 0 radical (unpaired) electrons. The standard InChI is InChI=1S/C32H18N8.C8H15NO/c1-2-10-18-17(9-1)25-33-26(18)38-28-21-13-5-6-14-22(21)30(35-28)40-32-24-16-8-7-15-23(24)31(36-32)39-29-20-12-4-3-11-19(20)27(34-29)37-25;1-2-9-7-5-3-4-6-8(9)10/h1-16H,(H2,33,34,35,36,37,38,39,40);2-7H2,1H3. The van der Waals surface area contributed by atoms with Crippen LogP contribution in [0.15, 0.2) is 97.1 Å². The molecule has 1 fully saturated rings. The number of nitrogens with zero attached hydrogens (tertiary/aromatic N) is 7. The molecule has 50 heavy (non-hydrogen) atoms. The van der Waals surface area contributed by atoms with E-state index >= 15 is 0 Å². The molecule has 1 saturated heterocycles. The molecular formula is C40H33N9O. The molecule has 3 aromatic heterocycles. The number of carbonyl (C=O) groups excluding carboxylic acids is 1. The highest BCUT2D eigenvalue weighted by Gasteiger charge is 2.21. The average molecular weight is 656 g/mol. The summed E-state index contributed by atoms with van der Waals surface area (Å²) >= 11 is 0. The van der Waals surface area contributed by atoms with Gasteiger partial charge in [-0.3, -0.25) is 4.79 Å². The average Bonchev–Trinajstić information content (AvgIpc) is 3.85. The summed E-state index contributed by atoms with van der Waals surface area (Å²) in [6.45, 7) is 3.91. The van der Waals surface area contributed by atoms with Crippen molar-refractivity contribution in [1.82, 2.24) is 44.8 Å². The largest absolute Gasteiger partial charge is 0.343 e. The van der Waals surface area contributed by atoms with Gasteiger partial charge in [-0.05, 0) is 19.8 Å². The van der Waals surface area contributed by atoms with Gasteiger partial charge in [0.25, 0.3) is 0 Å². The first kappa shape index (κ1) is 29.8. The molecule has 3 aliphatic heterocycles. The zero-order chi connectivity index (χ0) is 33.6. The van der Waals surface area contributed by atoms with E-state index in [1.54, 1.807) is 0 Å². The Hall–Kier alpha value is -6.29. The number of aromatic amines is 2. The molecule has 6 heterocycles. The van der Waals surface area contributed by atoms with Crippen LogP contribution in [0, 0.1) is 0 Å². The minimum absolute atomic E-state index is 0.347. The molecule has 2 N–H and O–H groups in total. The third-order valence-electron chi connectivity index (χ3n) is 9.51. The number of benzene rings is 4. The second-order valence-electron chi connectivity index (χ2n) is 12.6. The van der Waals surface area contributed by atoms with E-state index in [0.717, 1.165) is 69.7 Å². The summed E-state index contributed by atoms with van der Waals surface area (Å²) < 4.78 is 0. The number of aromatic nitrogens is 8. The summed E-state index contributed by atoms with van der Waals surface area (Å²) in [5, 5.41) is 3.82. The molecule has 0 spiro atoms. The van der Waals surface area contributed by atoms with Gasteiger partial charge in [0, 0.05) is 63.3 Å². The van der Waals surface area contributed by atoms with Crippen LogP contribution in [-0.4, -0.2) is 63.8 Å². The van der Waals surface area contributed by atoms with Gasteiger partial charge in [0.2, 0.25) is 5.91 Å². The van der Waals surface area contributed by atoms with Crippen molar-refractivity contribution in [3.8, 4) is 45.6 Å². The fourth-order valence-corrected chi connectivity index (χ4v) is 6.96. The number of hydrogen-bond acceptors (Lipinski definition) is 7. The molecule has 0 unspecified atom stereocenters. The van der Waals surface area contributed by atoms with Crippen molar-refractivity contribution in [1.29, 1.82) is 0 Å². The Morgan fingerprint density at radius 2 is 0.860 bits per heavy atom. The lowest BCUT2D eigenvalue weighted by Gasteiger charge is -2.17. The van der Waals surface area contributed by atoms with E-state index < -0.39 is 0 Å². The van der Waals surface area contributed by atoms with Crippen molar-refractivity contribution in [3.63, 3.8) is 0 Å². The van der Waals surface area contributed by atoms with Crippen LogP contribution in [0.5, 0.6) is 0 Å². The van der Waals surface area contributed by atoms with Gasteiger partial charge < -0.3 is 14.9 Å². The Bertz CT molecular complexity index is 2300. The highest BCUT2D eigenvalue weighted by Crippen LogP contribution is 2.36. The highest BCUT2D eigenvalue weighted by atomic mass is 16.2. The first-order valence-corrected chi connectivity index (χ1v) is 17.1. The van der Waals surface area contributed by atoms with Crippen LogP contribution in [0.25, 0.3) is 89.7 Å². The Kier molecular flexibility index (Phi) is 7.34. The maximum atomic E-state index is 11.2. The molecule has 3 aliphatic rings. The van der Waals surface area contributed by atoms with Gasteiger partial charge in [0.15, 0.2) is 23.3 Å². The van der Waals surface area contributed by atoms with Gasteiger partial charge in [-0.2, -0.15) is 0 Å². The number of amides is 1. The predicted molar refractivity (Wildman–Crippen MR) is 197 cm³/mol. The first-order valence-electron chi connectivity index (χ1n) is 17.1. The summed E-state index contributed by atoms with van der Waals surface area (Å²) in [6.07, 6.45) is 4.28. The smallest absolute Gasteiger partial charge is 0.222 e. The molecule has 10 rings (SSSR count). The van der Waals surface area contributed by atoms with E-state index in [4.69, 9.17) is 29.9 Å². The molecule has 8 bridgehead atoms. The Labute approximate surface area is 287 Å². The summed E-state index contributed by atoms with van der Waals surface area (Å²) in [7, 11) is 0. The fourth-order valence-electron chi connectivity index (χ4n) is 6.96.